The van der Waals surface area contributed by atoms with Crippen molar-refractivity contribution in [2.75, 3.05) is 20.6 Å². The van der Waals surface area contributed by atoms with Crippen molar-refractivity contribution in [2.24, 2.45) is 0 Å². The highest BCUT2D eigenvalue weighted by atomic mass is 15.1. The lowest BCUT2D eigenvalue weighted by Crippen LogP contribution is -2.19. The molecule has 2 rings (SSSR count). The molecule has 0 atom stereocenters. The third kappa shape index (κ3) is 2.09. The standard InChI is InChI=1S/C15H22N2/c1-11-7-6-8-14-12(2)13(3)17(15(11)14)10-9-16(4)5/h6-8H,9-10H2,1-5H3. The van der Waals surface area contributed by atoms with Gasteiger partial charge in [0.25, 0.3) is 0 Å². The molecule has 2 heteroatoms. The SMILES string of the molecule is Cc1c(C)n(CCN(C)C)c2c(C)cccc12. The second-order valence-electron chi connectivity index (χ2n) is 5.14. The van der Waals surface area contributed by atoms with Crippen molar-refractivity contribution in [1.82, 2.24) is 9.47 Å². The number of fused-ring (bicyclic) bond motifs is 1. The van der Waals surface area contributed by atoms with Crippen LogP contribution in [0.3, 0.4) is 0 Å². The summed E-state index contributed by atoms with van der Waals surface area (Å²) >= 11 is 0. The van der Waals surface area contributed by atoms with Gasteiger partial charge in [0, 0.05) is 24.2 Å². The highest BCUT2D eigenvalue weighted by Gasteiger charge is 2.11. The number of hydrogen-bond acceptors (Lipinski definition) is 1. The van der Waals surface area contributed by atoms with E-state index >= 15 is 0 Å². The zero-order valence-electron chi connectivity index (χ0n) is 11.5. The number of likely N-dealkylation sites (N-methyl/N-ethyl adjacent to an activating group) is 1. The van der Waals surface area contributed by atoms with Gasteiger partial charge >= 0.3 is 0 Å². The summed E-state index contributed by atoms with van der Waals surface area (Å²) in [5.74, 6) is 0. The molecule has 0 spiro atoms. The van der Waals surface area contributed by atoms with Crippen LogP contribution in [0, 0.1) is 20.8 Å². The molecule has 1 aromatic carbocycles. The number of aryl methyl sites for hydroxylation is 2. The van der Waals surface area contributed by atoms with Crippen LogP contribution in [0.1, 0.15) is 16.8 Å². The second-order valence-corrected chi connectivity index (χ2v) is 5.14. The molecule has 0 unspecified atom stereocenters. The molecule has 0 N–H and O–H groups in total. The summed E-state index contributed by atoms with van der Waals surface area (Å²) in [5.41, 5.74) is 5.60. The molecule has 0 fully saturated rings. The molecular formula is C15H22N2. The molecule has 17 heavy (non-hydrogen) atoms. The Labute approximate surface area is 104 Å². The van der Waals surface area contributed by atoms with Gasteiger partial charge in [-0.1, -0.05) is 18.2 Å². The Kier molecular flexibility index (Phi) is 3.25. The Hall–Kier alpha value is -1.28. The number of hydrogen-bond donors (Lipinski definition) is 0. The number of aromatic nitrogens is 1. The predicted molar refractivity (Wildman–Crippen MR) is 74.7 cm³/mol. The van der Waals surface area contributed by atoms with E-state index in [-0.39, 0.29) is 0 Å². The maximum Gasteiger partial charge on any atom is 0.0515 e. The van der Waals surface area contributed by atoms with Gasteiger partial charge in [0.05, 0.1) is 5.52 Å². The maximum absolute atomic E-state index is 2.46. The van der Waals surface area contributed by atoms with Gasteiger partial charge < -0.3 is 9.47 Å². The van der Waals surface area contributed by atoms with Crippen molar-refractivity contribution >= 4 is 10.9 Å². The lowest BCUT2D eigenvalue weighted by Gasteiger charge is -2.14. The van der Waals surface area contributed by atoms with Gasteiger partial charge in [-0.3, -0.25) is 0 Å². The van der Waals surface area contributed by atoms with Crippen molar-refractivity contribution in [2.45, 2.75) is 27.3 Å². The highest BCUT2D eigenvalue weighted by molar-refractivity contribution is 5.87. The fraction of sp³-hybridized carbons (Fsp3) is 0.467. The van der Waals surface area contributed by atoms with E-state index in [4.69, 9.17) is 0 Å². The molecule has 92 valence electrons. The van der Waals surface area contributed by atoms with Gasteiger partial charge in [0.15, 0.2) is 0 Å². The van der Waals surface area contributed by atoms with E-state index in [9.17, 15) is 0 Å². The van der Waals surface area contributed by atoms with Crippen LogP contribution in [0.2, 0.25) is 0 Å². The fourth-order valence-corrected chi connectivity index (χ4v) is 2.46. The van der Waals surface area contributed by atoms with E-state index in [0.717, 1.165) is 13.1 Å². The van der Waals surface area contributed by atoms with Gasteiger partial charge in [-0.15, -0.1) is 0 Å². The van der Waals surface area contributed by atoms with Gasteiger partial charge in [0.2, 0.25) is 0 Å². The van der Waals surface area contributed by atoms with Crippen molar-refractivity contribution in [3.63, 3.8) is 0 Å². The number of para-hydroxylation sites is 1. The van der Waals surface area contributed by atoms with Crippen LogP contribution in [0.4, 0.5) is 0 Å². The third-order valence-electron chi connectivity index (χ3n) is 3.63. The minimum absolute atomic E-state index is 1.06. The van der Waals surface area contributed by atoms with Gasteiger partial charge in [-0.25, -0.2) is 0 Å². The molecule has 0 aliphatic rings. The Bertz CT molecular complexity index is 535. The molecule has 1 aromatic heterocycles. The normalized spacial score (nSPS) is 11.6. The average molecular weight is 230 g/mol. The first-order valence-corrected chi connectivity index (χ1v) is 6.22. The molecule has 0 aliphatic heterocycles. The Balaban J connectivity index is 2.57. The monoisotopic (exact) mass is 230 g/mol. The molecule has 0 aliphatic carbocycles. The molecule has 2 nitrogen and oxygen atoms in total. The minimum Gasteiger partial charge on any atom is -0.343 e. The largest absolute Gasteiger partial charge is 0.343 e. The number of rotatable bonds is 3. The Morgan fingerprint density at radius 2 is 1.82 bits per heavy atom. The summed E-state index contributed by atoms with van der Waals surface area (Å²) in [6.07, 6.45) is 0. The zero-order chi connectivity index (χ0) is 12.6. The Morgan fingerprint density at radius 1 is 1.12 bits per heavy atom. The van der Waals surface area contributed by atoms with Crippen LogP contribution in [0.15, 0.2) is 18.2 Å². The molecule has 0 bridgehead atoms. The summed E-state index contributed by atoms with van der Waals surface area (Å²) in [5, 5.41) is 1.40. The van der Waals surface area contributed by atoms with Crippen LogP contribution in [0.25, 0.3) is 10.9 Å². The van der Waals surface area contributed by atoms with Crippen molar-refractivity contribution < 1.29 is 0 Å². The molecule has 0 amide bonds. The van der Waals surface area contributed by atoms with Crippen molar-refractivity contribution in [3.05, 3.63) is 35.0 Å². The summed E-state index contributed by atoms with van der Waals surface area (Å²) in [6.45, 7) is 8.80. The second kappa shape index (κ2) is 4.53. The molecule has 1 heterocycles. The van der Waals surface area contributed by atoms with Gasteiger partial charge in [-0.2, -0.15) is 0 Å². The zero-order valence-corrected chi connectivity index (χ0v) is 11.5. The van der Waals surface area contributed by atoms with Gasteiger partial charge in [-0.05, 0) is 46.0 Å². The topological polar surface area (TPSA) is 8.17 Å². The van der Waals surface area contributed by atoms with E-state index in [1.54, 1.807) is 0 Å². The molecule has 0 saturated carbocycles. The number of nitrogens with zero attached hydrogens (tertiary/aromatic N) is 2. The first-order valence-electron chi connectivity index (χ1n) is 6.22. The van der Waals surface area contributed by atoms with Gasteiger partial charge in [0.1, 0.15) is 0 Å². The maximum atomic E-state index is 2.46. The summed E-state index contributed by atoms with van der Waals surface area (Å²) in [4.78, 5) is 2.24. The lowest BCUT2D eigenvalue weighted by atomic mass is 10.1. The predicted octanol–water partition coefficient (Wildman–Crippen LogP) is 3.13. The van der Waals surface area contributed by atoms with Crippen LogP contribution in [-0.2, 0) is 6.54 Å². The first-order chi connectivity index (χ1) is 8.02. The van der Waals surface area contributed by atoms with E-state index < -0.39 is 0 Å². The van der Waals surface area contributed by atoms with Crippen LogP contribution >= 0.6 is 0 Å². The van der Waals surface area contributed by atoms with Crippen molar-refractivity contribution in [1.29, 1.82) is 0 Å². The molecule has 2 aromatic rings. The summed E-state index contributed by atoms with van der Waals surface area (Å²) in [6, 6.07) is 6.59. The minimum atomic E-state index is 1.06. The van der Waals surface area contributed by atoms with E-state index in [0.29, 0.717) is 0 Å². The Morgan fingerprint density at radius 3 is 2.47 bits per heavy atom. The van der Waals surface area contributed by atoms with E-state index in [1.165, 1.54) is 27.7 Å². The lowest BCUT2D eigenvalue weighted by molar-refractivity contribution is 0.385. The van der Waals surface area contributed by atoms with Crippen LogP contribution in [0.5, 0.6) is 0 Å². The summed E-state index contributed by atoms with van der Waals surface area (Å²) in [7, 11) is 4.25. The van der Waals surface area contributed by atoms with E-state index in [1.807, 2.05) is 0 Å². The van der Waals surface area contributed by atoms with Crippen LogP contribution < -0.4 is 0 Å². The number of benzene rings is 1. The first kappa shape index (κ1) is 12.2. The quantitative estimate of drug-likeness (QED) is 0.786. The molecule has 0 saturated heterocycles. The molecule has 0 radical (unpaired) electrons. The van der Waals surface area contributed by atoms with E-state index in [2.05, 4.69) is 62.5 Å². The fourth-order valence-electron chi connectivity index (χ4n) is 2.46. The highest BCUT2D eigenvalue weighted by Crippen LogP contribution is 2.27. The smallest absolute Gasteiger partial charge is 0.0515 e. The average Bonchev–Trinajstić information content (AvgIpc) is 2.52. The van der Waals surface area contributed by atoms with Crippen LogP contribution in [-0.4, -0.2) is 30.1 Å². The molecular weight excluding hydrogens is 208 g/mol. The third-order valence-corrected chi connectivity index (χ3v) is 3.63. The summed E-state index contributed by atoms with van der Waals surface area (Å²) < 4.78 is 2.46. The van der Waals surface area contributed by atoms with Crippen molar-refractivity contribution in [3.8, 4) is 0 Å².